The van der Waals surface area contributed by atoms with E-state index >= 15 is 0 Å². The molecule has 0 heterocycles. The highest BCUT2D eigenvalue weighted by molar-refractivity contribution is 7.53. The van der Waals surface area contributed by atoms with E-state index in [0.717, 1.165) is 25.7 Å². The Balaban J connectivity index is 3.70. The summed E-state index contributed by atoms with van der Waals surface area (Å²) >= 11 is 0. The predicted molar refractivity (Wildman–Crippen MR) is 118 cm³/mol. The van der Waals surface area contributed by atoms with E-state index in [9.17, 15) is 9.46 Å². The van der Waals surface area contributed by atoms with E-state index in [1.165, 1.54) is 38.5 Å². The number of nitrogens with zero attached hydrogens (tertiary/aromatic N) is 1. The van der Waals surface area contributed by atoms with Gasteiger partial charge in [0.2, 0.25) is 0 Å². The third kappa shape index (κ3) is 14.3. The molecule has 0 bridgehead atoms. The van der Waals surface area contributed by atoms with Crippen molar-refractivity contribution >= 4 is 7.60 Å². The second-order valence-corrected chi connectivity index (χ2v) is 10.3. The smallest absolute Gasteiger partial charge is 0.320 e. The minimum atomic E-state index is -3.56. The number of quaternary nitrogens is 1. The Bertz CT molecular complexity index is 455. The Morgan fingerprint density at radius 3 is 1.70 bits per heavy atom. The van der Waals surface area contributed by atoms with Crippen molar-refractivity contribution in [2.75, 3.05) is 27.7 Å². The largest absolute Gasteiger partial charge is 0.385 e. The third-order valence-electron chi connectivity index (χ3n) is 4.73. The first-order valence-corrected chi connectivity index (χ1v) is 12.5. The highest BCUT2D eigenvalue weighted by Gasteiger charge is 2.41. The van der Waals surface area contributed by atoms with Gasteiger partial charge >= 0.3 is 7.60 Å². The molecule has 0 rings (SSSR count). The second-order valence-electron chi connectivity index (χ2n) is 8.27. The maximum Gasteiger partial charge on any atom is 0.385 e. The summed E-state index contributed by atoms with van der Waals surface area (Å²) in [6, 6.07) is 0. The van der Waals surface area contributed by atoms with Gasteiger partial charge in [-0.25, -0.2) is 0 Å². The van der Waals surface area contributed by atoms with E-state index in [0.29, 0.717) is 17.5 Å². The molecule has 27 heavy (non-hydrogen) atoms. The number of hydrogen-bond donors (Lipinski definition) is 1. The average molecular weight is 403 g/mol. The van der Waals surface area contributed by atoms with Gasteiger partial charge in [-0.15, -0.1) is 0 Å². The molecule has 0 saturated heterocycles. The Hall–Kier alpha value is -0.410. The highest BCUT2D eigenvalue weighted by Crippen LogP contribution is 2.51. The van der Waals surface area contributed by atoms with Gasteiger partial charge in [0.25, 0.3) is 0 Å². The minimum absolute atomic E-state index is 0.362. The summed E-state index contributed by atoms with van der Waals surface area (Å²) in [6.45, 7) is 4.53. The SMILES string of the molecule is CCCCC=CCCCCC=CCCCCOP(=O)(O)C(CC)[N+](C)(C)C. The summed E-state index contributed by atoms with van der Waals surface area (Å²) in [4.78, 5) is 10.2. The highest BCUT2D eigenvalue weighted by atomic mass is 31.2. The molecule has 160 valence electrons. The lowest BCUT2D eigenvalue weighted by Gasteiger charge is -2.35. The lowest BCUT2D eigenvalue weighted by Crippen LogP contribution is -2.44. The zero-order chi connectivity index (χ0) is 20.6. The summed E-state index contributed by atoms with van der Waals surface area (Å²) < 4.78 is 18.3. The third-order valence-corrected chi connectivity index (χ3v) is 7.09. The van der Waals surface area contributed by atoms with Crippen LogP contribution in [0.4, 0.5) is 0 Å². The molecule has 1 N–H and O–H groups in total. The maximum absolute atomic E-state index is 12.4. The topological polar surface area (TPSA) is 46.5 Å². The molecule has 0 aromatic carbocycles. The van der Waals surface area contributed by atoms with Crippen molar-refractivity contribution in [3.8, 4) is 0 Å². The van der Waals surface area contributed by atoms with Crippen LogP contribution in [0, 0.1) is 0 Å². The number of unbranched alkanes of at least 4 members (excludes halogenated alkanes) is 7. The van der Waals surface area contributed by atoms with E-state index in [-0.39, 0.29) is 5.78 Å². The van der Waals surface area contributed by atoms with Crippen LogP contribution in [0.2, 0.25) is 0 Å². The lowest BCUT2D eigenvalue weighted by atomic mass is 10.1. The Labute approximate surface area is 168 Å². The van der Waals surface area contributed by atoms with Crippen molar-refractivity contribution in [2.45, 2.75) is 90.3 Å². The summed E-state index contributed by atoms with van der Waals surface area (Å²) in [6.07, 6.45) is 21.3. The molecule has 0 aromatic heterocycles. The van der Waals surface area contributed by atoms with Gasteiger partial charge in [0.1, 0.15) is 0 Å². The maximum atomic E-state index is 12.4. The molecule has 0 aliphatic heterocycles. The summed E-state index contributed by atoms with van der Waals surface area (Å²) in [5.41, 5.74) is 0. The number of allylic oxidation sites excluding steroid dienone is 4. The zero-order valence-electron chi connectivity index (χ0n) is 18.5. The van der Waals surface area contributed by atoms with Crippen LogP contribution in [0.5, 0.6) is 0 Å². The average Bonchev–Trinajstić information content (AvgIpc) is 2.57. The summed E-state index contributed by atoms with van der Waals surface area (Å²) in [7, 11) is 2.25. The molecule has 5 heteroatoms. The van der Waals surface area contributed by atoms with Crippen molar-refractivity contribution < 1.29 is 18.5 Å². The summed E-state index contributed by atoms with van der Waals surface area (Å²) in [5, 5.41) is 0. The Morgan fingerprint density at radius 2 is 1.30 bits per heavy atom. The fraction of sp³-hybridized carbons (Fsp3) is 0.818. The van der Waals surface area contributed by atoms with Crippen molar-refractivity contribution in [3.05, 3.63) is 24.3 Å². The van der Waals surface area contributed by atoms with E-state index in [1.807, 2.05) is 28.1 Å². The van der Waals surface area contributed by atoms with Crippen LogP contribution in [0.25, 0.3) is 0 Å². The Kier molecular flexibility index (Phi) is 15.3. The van der Waals surface area contributed by atoms with Crippen LogP contribution in [-0.4, -0.2) is 42.9 Å². The number of hydrogen-bond acceptors (Lipinski definition) is 2. The normalized spacial score (nSPS) is 16.2. The molecule has 4 nitrogen and oxygen atoms in total. The van der Waals surface area contributed by atoms with Crippen LogP contribution in [0.3, 0.4) is 0 Å². The van der Waals surface area contributed by atoms with Crippen LogP contribution in [0.15, 0.2) is 24.3 Å². The molecule has 2 unspecified atom stereocenters. The van der Waals surface area contributed by atoms with E-state index in [1.54, 1.807) is 0 Å². The molecule has 0 radical (unpaired) electrons. The van der Waals surface area contributed by atoms with Crippen LogP contribution >= 0.6 is 7.60 Å². The van der Waals surface area contributed by atoms with Crippen molar-refractivity contribution in [2.24, 2.45) is 0 Å². The van der Waals surface area contributed by atoms with Crippen molar-refractivity contribution in [3.63, 3.8) is 0 Å². The van der Waals surface area contributed by atoms with E-state index in [4.69, 9.17) is 4.52 Å². The fourth-order valence-corrected chi connectivity index (χ4v) is 5.08. The van der Waals surface area contributed by atoms with E-state index < -0.39 is 7.60 Å². The van der Waals surface area contributed by atoms with Gasteiger partial charge in [-0.05, 0) is 51.4 Å². The van der Waals surface area contributed by atoms with Crippen LogP contribution in [-0.2, 0) is 9.09 Å². The quantitative estimate of drug-likeness (QED) is 0.128. The molecule has 0 aliphatic rings. The molecule has 0 fully saturated rings. The molecule has 0 amide bonds. The first-order valence-electron chi connectivity index (χ1n) is 10.8. The molecular weight excluding hydrogens is 357 g/mol. The van der Waals surface area contributed by atoms with Gasteiger partial charge in [-0.1, -0.05) is 51.0 Å². The first kappa shape index (κ1) is 26.6. The van der Waals surface area contributed by atoms with Gasteiger partial charge in [0.15, 0.2) is 5.78 Å². The predicted octanol–water partition coefficient (Wildman–Crippen LogP) is 6.66. The van der Waals surface area contributed by atoms with Crippen LogP contribution in [0.1, 0.15) is 84.5 Å². The molecular formula is C22H45NO3P+. The summed E-state index contributed by atoms with van der Waals surface area (Å²) in [5.74, 6) is -0.362. The lowest BCUT2D eigenvalue weighted by molar-refractivity contribution is -0.883. The van der Waals surface area contributed by atoms with E-state index in [2.05, 4.69) is 31.2 Å². The molecule has 0 spiro atoms. The fourth-order valence-electron chi connectivity index (χ4n) is 3.18. The zero-order valence-corrected chi connectivity index (χ0v) is 19.4. The van der Waals surface area contributed by atoms with Gasteiger partial charge in [0.05, 0.1) is 27.7 Å². The molecule has 0 aliphatic carbocycles. The van der Waals surface area contributed by atoms with Gasteiger partial charge in [-0.2, -0.15) is 0 Å². The van der Waals surface area contributed by atoms with Crippen molar-refractivity contribution in [1.82, 2.24) is 0 Å². The van der Waals surface area contributed by atoms with Gasteiger partial charge in [-0.3, -0.25) is 4.57 Å². The molecule has 2 atom stereocenters. The molecule has 0 aromatic rings. The standard InChI is InChI=1S/C22H44NO3P/c1-6-8-9-10-11-12-13-14-15-16-17-18-19-20-21-26-27(24,25)22(7-2)23(3,4)5/h10-11,16-17,22H,6-9,12-15,18-21H2,1-5H3/p+1. The van der Waals surface area contributed by atoms with Crippen molar-refractivity contribution in [1.29, 1.82) is 0 Å². The molecule has 0 saturated carbocycles. The second kappa shape index (κ2) is 15.5. The number of rotatable bonds is 17. The Morgan fingerprint density at radius 1 is 0.852 bits per heavy atom. The first-order chi connectivity index (χ1) is 12.8. The monoisotopic (exact) mass is 402 g/mol. The van der Waals surface area contributed by atoms with Crippen LogP contribution < -0.4 is 0 Å². The minimum Gasteiger partial charge on any atom is -0.320 e. The van der Waals surface area contributed by atoms with Gasteiger partial charge < -0.3 is 13.9 Å². The van der Waals surface area contributed by atoms with Gasteiger partial charge in [0, 0.05) is 6.42 Å².